The largest absolute Gasteiger partial charge is 0.377 e. The Morgan fingerprint density at radius 1 is 1.28 bits per heavy atom. The summed E-state index contributed by atoms with van der Waals surface area (Å²) in [4.78, 5) is 17.1. The smallest absolute Gasteiger partial charge is 0.255 e. The Labute approximate surface area is 148 Å². The molecule has 1 spiro atoms. The highest BCUT2D eigenvalue weighted by Gasteiger charge is 2.44. The van der Waals surface area contributed by atoms with E-state index >= 15 is 0 Å². The number of likely N-dealkylation sites (tertiary alicyclic amines) is 1. The number of hydrogen-bond donors (Lipinski definition) is 0. The summed E-state index contributed by atoms with van der Waals surface area (Å²) in [6, 6.07) is 1.71. The van der Waals surface area contributed by atoms with Gasteiger partial charge in [-0.25, -0.2) is 0 Å². The summed E-state index contributed by atoms with van der Waals surface area (Å²) >= 11 is 0. The summed E-state index contributed by atoms with van der Waals surface area (Å²) in [5.41, 5.74) is 0.204. The van der Waals surface area contributed by atoms with Gasteiger partial charge in [-0.3, -0.25) is 4.79 Å². The topological polar surface area (TPSA) is 67.8 Å². The lowest BCUT2D eigenvalue weighted by Crippen LogP contribution is -2.47. The van der Waals surface area contributed by atoms with Crippen LogP contribution < -0.4 is 0 Å². The molecule has 4 rings (SSSR count). The minimum atomic E-state index is -0.364. The van der Waals surface area contributed by atoms with Gasteiger partial charge in [-0.2, -0.15) is 10.2 Å². The molecule has 3 fully saturated rings. The van der Waals surface area contributed by atoms with Crippen molar-refractivity contribution in [3.63, 3.8) is 0 Å². The zero-order valence-electron chi connectivity index (χ0n) is 14.6. The second-order valence-electron chi connectivity index (χ2n) is 7.38. The zero-order chi connectivity index (χ0) is 17.1. The molecule has 7 heteroatoms. The maximum Gasteiger partial charge on any atom is 0.255 e. The number of aromatic nitrogens is 2. The maximum atomic E-state index is 12.8. The molecule has 0 saturated carbocycles. The first-order chi connectivity index (χ1) is 12.2. The van der Waals surface area contributed by atoms with Crippen molar-refractivity contribution >= 4 is 5.91 Å². The third kappa shape index (κ3) is 3.83. The van der Waals surface area contributed by atoms with Crippen LogP contribution in [0.1, 0.15) is 36.0 Å². The van der Waals surface area contributed by atoms with Gasteiger partial charge in [0, 0.05) is 13.1 Å². The number of ether oxygens (including phenoxy) is 2. The standard InChI is InChI=1S/C18H26N4O3/c23-17(15-4-6-19-20-11-15)22-9-10-24-14-18(13-22)5-3-16(25-18)12-21-7-1-2-8-21/h4,6,11,16H,1-3,5,7-10,12-14H2/t16-,18+/m0/s1. The fourth-order valence-electron chi connectivity index (χ4n) is 4.18. The number of hydrogen-bond acceptors (Lipinski definition) is 6. The van der Waals surface area contributed by atoms with Crippen molar-refractivity contribution < 1.29 is 14.3 Å². The number of nitrogens with zero attached hydrogens (tertiary/aromatic N) is 4. The molecule has 0 bridgehead atoms. The quantitative estimate of drug-likeness (QED) is 0.812. The van der Waals surface area contributed by atoms with Crippen molar-refractivity contribution in [2.45, 2.75) is 37.4 Å². The number of carbonyl (C=O) groups excluding carboxylic acids is 1. The molecule has 1 amide bonds. The molecule has 0 aliphatic carbocycles. The first-order valence-electron chi connectivity index (χ1n) is 9.28. The Morgan fingerprint density at radius 3 is 2.96 bits per heavy atom. The molecular weight excluding hydrogens is 320 g/mol. The van der Waals surface area contributed by atoms with Gasteiger partial charge in [0.2, 0.25) is 0 Å². The van der Waals surface area contributed by atoms with E-state index in [2.05, 4.69) is 15.1 Å². The fraction of sp³-hybridized carbons (Fsp3) is 0.722. The van der Waals surface area contributed by atoms with Crippen molar-refractivity contribution in [1.82, 2.24) is 20.0 Å². The summed E-state index contributed by atoms with van der Waals surface area (Å²) in [5, 5.41) is 7.56. The van der Waals surface area contributed by atoms with Gasteiger partial charge in [-0.1, -0.05) is 0 Å². The number of carbonyl (C=O) groups is 1. The highest BCUT2D eigenvalue weighted by atomic mass is 16.6. The average Bonchev–Trinajstić information content (AvgIpc) is 3.23. The highest BCUT2D eigenvalue weighted by Crippen LogP contribution is 2.34. The van der Waals surface area contributed by atoms with Gasteiger partial charge in [0.05, 0.1) is 43.8 Å². The molecule has 3 saturated heterocycles. The van der Waals surface area contributed by atoms with Gasteiger partial charge in [0.15, 0.2) is 0 Å². The molecule has 1 aromatic rings. The summed E-state index contributed by atoms with van der Waals surface area (Å²) < 4.78 is 12.3. The molecular formula is C18H26N4O3. The predicted molar refractivity (Wildman–Crippen MR) is 91.3 cm³/mol. The minimum Gasteiger partial charge on any atom is -0.377 e. The van der Waals surface area contributed by atoms with Gasteiger partial charge in [-0.05, 0) is 44.8 Å². The van der Waals surface area contributed by atoms with Crippen LogP contribution in [0.4, 0.5) is 0 Å². The molecule has 0 unspecified atom stereocenters. The number of rotatable bonds is 3. The maximum absolute atomic E-state index is 12.8. The second kappa shape index (κ2) is 7.35. The summed E-state index contributed by atoms with van der Waals surface area (Å²) in [6.07, 6.45) is 7.90. The zero-order valence-corrected chi connectivity index (χ0v) is 14.6. The van der Waals surface area contributed by atoms with E-state index in [1.807, 2.05) is 4.90 Å². The van der Waals surface area contributed by atoms with Crippen LogP contribution in [-0.4, -0.2) is 83.5 Å². The lowest BCUT2D eigenvalue weighted by atomic mass is 9.99. The number of amides is 1. The molecule has 0 N–H and O–H groups in total. The van der Waals surface area contributed by atoms with Crippen molar-refractivity contribution in [3.8, 4) is 0 Å². The van der Waals surface area contributed by atoms with Crippen molar-refractivity contribution in [1.29, 1.82) is 0 Å². The van der Waals surface area contributed by atoms with Crippen LogP contribution in [0, 0.1) is 0 Å². The third-order valence-corrected chi connectivity index (χ3v) is 5.47. The van der Waals surface area contributed by atoms with E-state index in [1.54, 1.807) is 12.3 Å². The molecule has 1 aromatic heterocycles. The first-order valence-corrected chi connectivity index (χ1v) is 9.28. The Kier molecular flexibility index (Phi) is 4.96. The van der Waals surface area contributed by atoms with Crippen LogP contribution in [-0.2, 0) is 9.47 Å². The summed E-state index contributed by atoms with van der Waals surface area (Å²) in [6.45, 7) is 5.66. The van der Waals surface area contributed by atoms with E-state index in [9.17, 15) is 4.79 Å². The van der Waals surface area contributed by atoms with E-state index in [1.165, 1.54) is 32.1 Å². The van der Waals surface area contributed by atoms with Gasteiger partial charge >= 0.3 is 0 Å². The van der Waals surface area contributed by atoms with Gasteiger partial charge in [-0.15, -0.1) is 0 Å². The molecule has 4 heterocycles. The van der Waals surface area contributed by atoms with Crippen molar-refractivity contribution in [3.05, 3.63) is 24.0 Å². The Bertz CT molecular complexity index is 593. The SMILES string of the molecule is O=C(c1ccnnc1)N1CCOC[C@@]2(CC[C@@H](CN3CCCC3)O2)C1. The first kappa shape index (κ1) is 16.9. The molecule has 0 radical (unpaired) electrons. The van der Waals surface area contributed by atoms with Crippen LogP contribution in [0.15, 0.2) is 18.5 Å². The molecule has 0 aromatic carbocycles. The molecule has 3 aliphatic heterocycles. The van der Waals surface area contributed by atoms with Crippen LogP contribution >= 0.6 is 0 Å². The Hall–Kier alpha value is -1.57. The van der Waals surface area contributed by atoms with E-state index in [4.69, 9.17) is 9.47 Å². The van der Waals surface area contributed by atoms with E-state index in [0.29, 0.717) is 31.9 Å². The van der Waals surface area contributed by atoms with Crippen molar-refractivity contribution in [2.75, 3.05) is 45.9 Å². The normalized spacial score (nSPS) is 30.7. The lowest BCUT2D eigenvalue weighted by Gasteiger charge is -2.32. The summed E-state index contributed by atoms with van der Waals surface area (Å²) in [7, 11) is 0. The Morgan fingerprint density at radius 2 is 2.16 bits per heavy atom. The highest BCUT2D eigenvalue weighted by molar-refractivity contribution is 5.93. The monoisotopic (exact) mass is 346 g/mol. The Balaban J connectivity index is 1.42. The van der Waals surface area contributed by atoms with E-state index in [-0.39, 0.29) is 17.6 Å². The molecule has 25 heavy (non-hydrogen) atoms. The molecule has 7 nitrogen and oxygen atoms in total. The third-order valence-electron chi connectivity index (χ3n) is 5.47. The van der Waals surface area contributed by atoms with Crippen LogP contribution in [0.2, 0.25) is 0 Å². The minimum absolute atomic E-state index is 0.0219. The summed E-state index contributed by atoms with van der Waals surface area (Å²) in [5.74, 6) is -0.0219. The van der Waals surface area contributed by atoms with Gasteiger partial charge < -0.3 is 19.3 Å². The molecule has 2 atom stereocenters. The van der Waals surface area contributed by atoms with Crippen LogP contribution in [0.3, 0.4) is 0 Å². The molecule has 3 aliphatic rings. The van der Waals surface area contributed by atoms with Crippen LogP contribution in [0.5, 0.6) is 0 Å². The van der Waals surface area contributed by atoms with Crippen molar-refractivity contribution in [2.24, 2.45) is 0 Å². The van der Waals surface area contributed by atoms with E-state index in [0.717, 1.165) is 19.4 Å². The van der Waals surface area contributed by atoms with Crippen LogP contribution in [0.25, 0.3) is 0 Å². The second-order valence-corrected chi connectivity index (χ2v) is 7.38. The van der Waals surface area contributed by atoms with E-state index < -0.39 is 0 Å². The fourth-order valence-corrected chi connectivity index (χ4v) is 4.18. The molecule has 136 valence electrons. The average molecular weight is 346 g/mol. The lowest BCUT2D eigenvalue weighted by molar-refractivity contribution is -0.0890. The van der Waals surface area contributed by atoms with Gasteiger partial charge in [0.1, 0.15) is 5.60 Å². The van der Waals surface area contributed by atoms with Gasteiger partial charge in [0.25, 0.3) is 5.91 Å². The predicted octanol–water partition coefficient (Wildman–Crippen LogP) is 0.963.